The molecule has 5 nitrogen and oxygen atoms in total. The zero-order chi connectivity index (χ0) is 15.1. The molecule has 0 aliphatic rings. The highest BCUT2D eigenvalue weighted by molar-refractivity contribution is 8.01. The van der Waals surface area contributed by atoms with Crippen LogP contribution in [0.2, 0.25) is 0 Å². The Balaban J connectivity index is 1.71. The minimum atomic E-state index is 0.0195. The molecule has 0 atom stereocenters. The number of amides is 1. The van der Waals surface area contributed by atoms with Gasteiger partial charge in [0, 0.05) is 11.4 Å². The van der Waals surface area contributed by atoms with Crippen molar-refractivity contribution in [3.63, 3.8) is 0 Å². The Morgan fingerprint density at radius 3 is 3.00 bits per heavy atom. The van der Waals surface area contributed by atoms with Gasteiger partial charge in [0.25, 0.3) is 0 Å². The van der Waals surface area contributed by atoms with Gasteiger partial charge in [0.05, 0.1) is 12.3 Å². The second-order valence-corrected chi connectivity index (χ2v) is 7.59. The monoisotopic (exact) mass is 342 g/mol. The quantitative estimate of drug-likeness (QED) is 0.722. The van der Waals surface area contributed by atoms with E-state index in [-0.39, 0.29) is 5.91 Å². The van der Waals surface area contributed by atoms with E-state index in [2.05, 4.69) is 40.7 Å². The lowest BCUT2D eigenvalue weighted by atomic mass is 10.3. The number of hydrogen-bond donors (Lipinski definition) is 2. The molecule has 0 fully saturated rings. The fourth-order valence-corrected chi connectivity index (χ4v) is 3.97. The third-order valence-corrected chi connectivity index (χ3v) is 5.71. The number of hydrogen-bond acceptors (Lipinski definition) is 7. The fourth-order valence-electron chi connectivity index (χ4n) is 1.51. The lowest BCUT2D eigenvalue weighted by molar-refractivity contribution is -0.118. The molecule has 21 heavy (non-hydrogen) atoms. The molecule has 2 heterocycles. The Morgan fingerprint density at radius 1 is 1.43 bits per heavy atom. The van der Waals surface area contributed by atoms with Gasteiger partial charge in [0.15, 0.2) is 4.34 Å². The van der Waals surface area contributed by atoms with E-state index in [1.165, 1.54) is 33.5 Å². The van der Waals surface area contributed by atoms with Gasteiger partial charge in [-0.2, -0.15) is 0 Å². The molecule has 0 spiro atoms. The number of nitrogens with zero attached hydrogens (tertiary/aromatic N) is 2. The van der Waals surface area contributed by atoms with Crippen molar-refractivity contribution in [1.29, 1.82) is 0 Å². The molecule has 0 saturated carbocycles. The first kappa shape index (κ1) is 16.3. The van der Waals surface area contributed by atoms with Crippen LogP contribution in [0.25, 0.3) is 0 Å². The molecule has 0 unspecified atom stereocenters. The van der Waals surface area contributed by atoms with E-state index in [0.717, 1.165) is 22.4 Å². The summed E-state index contributed by atoms with van der Waals surface area (Å²) in [6.45, 7) is 5.64. The average molecular weight is 343 g/mol. The zero-order valence-electron chi connectivity index (χ0n) is 12.0. The van der Waals surface area contributed by atoms with Crippen molar-refractivity contribution in [1.82, 2.24) is 15.5 Å². The van der Waals surface area contributed by atoms with E-state index in [0.29, 0.717) is 12.3 Å². The third kappa shape index (κ3) is 5.29. The lowest BCUT2D eigenvalue weighted by Crippen LogP contribution is -2.24. The van der Waals surface area contributed by atoms with Crippen molar-refractivity contribution in [2.45, 2.75) is 31.2 Å². The lowest BCUT2D eigenvalue weighted by Gasteiger charge is -2.03. The van der Waals surface area contributed by atoms with Gasteiger partial charge in [-0.3, -0.25) is 4.79 Å². The van der Waals surface area contributed by atoms with Crippen LogP contribution in [0.1, 0.15) is 23.8 Å². The molecule has 1 amide bonds. The molecule has 2 rings (SSSR count). The van der Waals surface area contributed by atoms with Crippen molar-refractivity contribution in [2.75, 3.05) is 17.6 Å². The smallest absolute Gasteiger partial charge is 0.230 e. The van der Waals surface area contributed by atoms with E-state index >= 15 is 0 Å². The number of thiophene rings is 1. The number of thioether (sulfide) groups is 1. The number of carbonyl (C=O) groups excluding carboxylic acids is 1. The first-order valence-corrected chi connectivity index (χ1v) is 9.37. The summed E-state index contributed by atoms with van der Waals surface area (Å²) in [4.78, 5) is 13.0. The highest BCUT2D eigenvalue weighted by Crippen LogP contribution is 2.25. The number of aryl methyl sites for hydroxylation is 1. The molecule has 2 N–H and O–H groups in total. The maximum Gasteiger partial charge on any atom is 0.230 e. The van der Waals surface area contributed by atoms with Crippen LogP contribution in [0.3, 0.4) is 0 Å². The van der Waals surface area contributed by atoms with E-state index in [1.807, 2.05) is 5.38 Å². The van der Waals surface area contributed by atoms with Crippen LogP contribution in [0.15, 0.2) is 15.8 Å². The molecular formula is C13H18N4OS3. The normalized spacial score (nSPS) is 10.6. The van der Waals surface area contributed by atoms with Gasteiger partial charge in [-0.1, -0.05) is 30.0 Å². The van der Waals surface area contributed by atoms with Crippen molar-refractivity contribution in [3.8, 4) is 0 Å². The van der Waals surface area contributed by atoms with E-state index < -0.39 is 0 Å². The number of anilines is 1. The van der Waals surface area contributed by atoms with Gasteiger partial charge < -0.3 is 10.6 Å². The molecule has 0 aliphatic heterocycles. The molecule has 0 aliphatic carbocycles. The van der Waals surface area contributed by atoms with Crippen LogP contribution in [0.4, 0.5) is 5.13 Å². The van der Waals surface area contributed by atoms with Crippen LogP contribution >= 0.6 is 34.4 Å². The molecule has 0 bridgehead atoms. The summed E-state index contributed by atoms with van der Waals surface area (Å²) in [6, 6.07) is 2.06. The Kier molecular flexibility index (Phi) is 6.47. The van der Waals surface area contributed by atoms with Crippen molar-refractivity contribution >= 4 is 45.5 Å². The predicted octanol–water partition coefficient (Wildman–Crippen LogP) is 3.14. The second kappa shape index (κ2) is 8.35. The van der Waals surface area contributed by atoms with Crippen LogP contribution in [0, 0.1) is 6.92 Å². The number of carbonyl (C=O) groups is 1. The molecule has 8 heteroatoms. The van der Waals surface area contributed by atoms with Crippen LogP contribution in [0.5, 0.6) is 0 Å². The van der Waals surface area contributed by atoms with Crippen LogP contribution in [-0.4, -0.2) is 28.4 Å². The van der Waals surface area contributed by atoms with Gasteiger partial charge in [0.2, 0.25) is 11.0 Å². The zero-order valence-corrected chi connectivity index (χ0v) is 14.5. The van der Waals surface area contributed by atoms with E-state index in [4.69, 9.17) is 0 Å². The second-order valence-electron chi connectivity index (χ2n) is 4.39. The Morgan fingerprint density at radius 2 is 2.29 bits per heavy atom. The Hall–Kier alpha value is -1.12. The van der Waals surface area contributed by atoms with E-state index in [9.17, 15) is 4.79 Å². The van der Waals surface area contributed by atoms with Gasteiger partial charge in [-0.15, -0.1) is 21.5 Å². The standard InChI is InChI=1S/C13H18N4OS3/c1-3-5-14-12-16-17-13(21-12)20-8-11(18)15-7-10-9(2)4-6-19-10/h4,6H,3,5,7-8H2,1-2H3,(H,14,16)(H,15,18). The summed E-state index contributed by atoms with van der Waals surface area (Å²) in [5, 5.41) is 17.1. The maximum atomic E-state index is 11.8. The highest BCUT2D eigenvalue weighted by Gasteiger charge is 2.08. The van der Waals surface area contributed by atoms with Gasteiger partial charge in [0.1, 0.15) is 0 Å². The maximum absolute atomic E-state index is 11.8. The number of aromatic nitrogens is 2. The largest absolute Gasteiger partial charge is 0.360 e. The molecule has 114 valence electrons. The average Bonchev–Trinajstić information content (AvgIpc) is 3.09. The minimum absolute atomic E-state index is 0.0195. The number of nitrogens with one attached hydrogen (secondary N) is 2. The van der Waals surface area contributed by atoms with E-state index in [1.54, 1.807) is 11.3 Å². The van der Waals surface area contributed by atoms with Crippen LogP contribution in [-0.2, 0) is 11.3 Å². The van der Waals surface area contributed by atoms with Gasteiger partial charge in [-0.05, 0) is 30.4 Å². The summed E-state index contributed by atoms with van der Waals surface area (Å²) in [5.74, 6) is 0.387. The third-order valence-electron chi connectivity index (χ3n) is 2.67. The molecular weight excluding hydrogens is 324 g/mol. The van der Waals surface area contributed by atoms with Crippen molar-refractivity contribution < 1.29 is 4.79 Å². The van der Waals surface area contributed by atoms with Crippen molar-refractivity contribution in [3.05, 3.63) is 21.9 Å². The molecule has 0 saturated heterocycles. The summed E-state index contributed by atoms with van der Waals surface area (Å²) in [7, 11) is 0. The highest BCUT2D eigenvalue weighted by atomic mass is 32.2. The molecule has 2 aromatic heterocycles. The molecule has 0 aromatic carbocycles. The minimum Gasteiger partial charge on any atom is -0.360 e. The molecule has 2 aromatic rings. The summed E-state index contributed by atoms with van der Waals surface area (Å²) in [5.41, 5.74) is 1.23. The predicted molar refractivity (Wildman–Crippen MR) is 90.3 cm³/mol. The first-order chi connectivity index (χ1) is 10.2. The number of rotatable bonds is 8. The van der Waals surface area contributed by atoms with Gasteiger partial charge >= 0.3 is 0 Å². The van der Waals surface area contributed by atoms with Crippen LogP contribution < -0.4 is 10.6 Å². The Labute approximate surface area is 136 Å². The topological polar surface area (TPSA) is 66.9 Å². The van der Waals surface area contributed by atoms with Gasteiger partial charge in [-0.25, -0.2) is 0 Å². The fraction of sp³-hybridized carbons (Fsp3) is 0.462. The SMILES string of the molecule is CCCNc1nnc(SCC(=O)NCc2sccc2C)s1. The van der Waals surface area contributed by atoms with Crippen molar-refractivity contribution in [2.24, 2.45) is 0 Å². The summed E-state index contributed by atoms with van der Waals surface area (Å²) < 4.78 is 0.816. The Bertz CT molecular complexity index is 581. The summed E-state index contributed by atoms with van der Waals surface area (Å²) in [6.07, 6.45) is 1.05. The molecule has 0 radical (unpaired) electrons. The first-order valence-electron chi connectivity index (χ1n) is 6.69. The summed E-state index contributed by atoms with van der Waals surface area (Å²) >= 11 is 4.57.